The molecule has 0 N–H and O–H groups in total. The molecular weight excluding hydrogens is 172 g/mol. The zero-order chi connectivity index (χ0) is 8.81. The van der Waals surface area contributed by atoms with Gasteiger partial charge in [-0.3, -0.25) is 0 Å². The van der Waals surface area contributed by atoms with E-state index in [2.05, 4.69) is 6.92 Å². The third-order valence-electron chi connectivity index (χ3n) is 1.57. The Kier molecular flexibility index (Phi) is 3.94. The first kappa shape index (κ1) is 9.39. The Balaban J connectivity index is 2.39. The lowest BCUT2D eigenvalue weighted by Crippen LogP contribution is -1.96. The molecule has 1 aromatic rings. The second-order valence-corrected chi connectivity index (χ2v) is 3.25. The van der Waals surface area contributed by atoms with Crippen molar-refractivity contribution in [2.75, 3.05) is 13.7 Å². The van der Waals surface area contributed by atoms with Gasteiger partial charge in [-0.2, -0.15) is 0 Å². The zero-order valence-corrected chi connectivity index (χ0v) is 8.32. The molecule has 0 spiro atoms. The summed E-state index contributed by atoms with van der Waals surface area (Å²) >= 11 is 1.60. The van der Waals surface area contributed by atoms with Crippen LogP contribution in [0, 0.1) is 0 Å². The summed E-state index contributed by atoms with van der Waals surface area (Å²) in [5.41, 5.74) is 0. The maximum Gasteiger partial charge on any atom is 0.171 e. The number of hydrogen-bond donors (Lipinski definition) is 0. The van der Waals surface area contributed by atoms with Gasteiger partial charge in [-0.1, -0.05) is 13.3 Å². The number of unbranched alkanes of at least 4 members (excludes halogenated alkanes) is 1. The highest BCUT2D eigenvalue weighted by Crippen LogP contribution is 2.30. The minimum absolute atomic E-state index is 0.781. The molecule has 0 bridgehead atoms. The molecule has 0 aliphatic rings. The predicted molar refractivity (Wildman–Crippen MR) is 51.3 cm³/mol. The van der Waals surface area contributed by atoms with E-state index >= 15 is 0 Å². The number of methoxy groups -OCH3 is 1. The van der Waals surface area contributed by atoms with Gasteiger partial charge in [-0.15, -0.1) is 11.3 Å². The Morgan fingerprint density at radius 1 is 1.33 bits per heavy atom. The fraction of sp³-hybridized carbons (Fsp3) is 0.556. The van der Waals surface area contributed by atoms with E-state index in [0.29, 0.717) is 0 Å². The predicted octanol–water partition coefficient (Wildman–Crippen LogP) is 2.94. The zero-order valence-electron chi connectivity index (χ0n) is 7.50. The maximum atomic E-state index is 5.49. The van der Waals surface area contributed by atoms with Gasteiger partial charge in [0.1, 0.15) is 0 Å². The SMILES string of the molecule is CCCCOc1cscc1OC. The van der Waals surface area contributed by atoms with Crippen molar-refractivity contribution in [2.24, 2.45) is 0 Å². The van der Waals surface area contributed by atoms with Gasteiger partial charge in [0.25, 0.3) is 0 Å². The molecule has 0 radical (unpaired) electrons. The molecule has 0 aliphatic carbocycles. The Morgan fingerprint density at radius 3 is 2.75 bits per heavy atom. The van der Waals surface area contributed by atoms with Crippen molar-refractivity contribution in [3.8, 4) is 11.5 Å². The van der Waals surface area contributed by atoms with Gasteiger partial charge in [0.05, 0.1) is 13.7 Å². The molecule has 0 aromatic carbocycles. The summed E-state index contributed by atoms with van der Waals surface area (Å²) in [5, 5.41) is 3.91. The van der Waals surface area contributed by atoms with E-state index in [1.807, 2.05) is 10.8 Å². The molecule has 1 heterocycles. The van der Waals surface area contributed by atoms with Crippen molar-refractivity contribution >= 4 is 11.3 Å². The second kappa shape index (κ2) is 5.04. The summed E-state index contributed by atoms with van der Waals surface area (Å²) in [4.78, 5) is 0. The quantitative estimate of drug-likeness (QED) is 0.658. The van der Waals surface area contributed by atoms with E-state index in [1.54, 1.807) is 18.4 Å². The van der Waals surface area contributed by atoms with Crippen molar-refractivity contribution in [1.82, 2.24) is 0 Å². The number of thiophene rings is 1. The summed E-state index contributed by atoms with van der Waals surface area (Å²) in [6.45, 7) is 2.93. The molecule has 12 heavy (non-hydrogen) atoms. The van der Waals surface area contributed by atoms with Crippen LogP contribution in [-0.4, -0.2) is 13.7 Å². The minimum atomic E-state index is 0.781. The molecule has 0 amide bonds. The molecule has 1 rings (SSSR count). The van der Waals surface area contributed by atoms with Gasteiger partial charge in [0, 0.05) is 10.8 Å². The van der Waals surface area contributed by atoms with E-state index in [0.717, 1.165) is 30.9 Å². The molecule has 0 unspecified atom stereocenters. The molecular formula is C9H14O2S. The summed E-state index contributed by atoms with van der Waals surface area (Å²) in [6, 6.07) is 0. The van der Waals surface area contributed by atoms with Crippen molar-refractivity contribution in [3.63, 3.8) is 0 Å². The molecule has 0 atom stereocenters. The summed E-state index contributed by atoms with van der Waals surface area (Å²) in [5.74, 6) is 1.71. The van der Waals surface area contributed by atoms with Gasteiger partial charge in [0.15, 0.2) is 11.5 Å². The van der Waals surface area contributed by atoms with E-state index in [4.69, 9.17) is 9.47 Å². The van der Waals surface area contributed by atoms with Crippen molar-refractivity contribution < 1.29 is 9.47 Å². The highest BCUT2D eigenvalue weighted by atomic mass is 32.1. The molecule has 68 valence electrons. The standard InChI is InChI=1S/C9H14O2S/c1-3-4-5-11-9-7-12-6-8(9)10-2/h6-7H,3-5H2,1-2H3. The van der Waals surface area contributed by atoms with Gasteiger partial charge >= 0.3 is 0 Å². The van der Waals surface area contributed by atoms with E-state index < -0.39 is 0 Å². The monoisotopic (exact) mass is 186 g/mol. The largest absolute Gasteiger partial charge is 0.492 e. The number of hydrogen-bond acceptors (Lipinski definition) is 3. The Bertz CT molecular complexity index is 220. The van der Waals surface area contributed by atoms with Crippen molar-refractivity contribution in [3.05, 3.63) is 10.8 Å². The van der Waals surface area contributed by atoms with Gasteiger partial charge in [0.2, 0.25) is 0 Å². The minimum Gasteiger partial charge on any atom is -0.492 e. The van der Waals surface area contributed by atoms with Crippen LogP contribution >= 0.6 is 11.3 Å². The van der Waals surface area contributed by atoms with Crippen LogP contribution in [0.15, 0.2) is 10.8 Å². The molecule has 0 saturated heterocycles. The molecule has 2 nitrogen and oxygen atoms in total. The maximum absolute atomic E-state index is 5.49. The van der Waals surface area contributed by atoms with Crippen LogP contribution in [0.5, 0.6) is 11.5 Å². The van der Waals surface area contributed by atoms with Gasteiger partial charge < -0.3 is 9.47 Å². The van der Waals surface area contributed by atoms with Crippen molar-refractivity contribution in [1.29, 1.82) is 0 Å². The highest BCUT2D eigenvalue weighted by molar-refractivity contribution is 7.08. The first-order valence-electron chi connectivity index (χ1n) is 4.11. The van der Waals surface area contributed by atoms with Crippen LogP contribution < -0.4 is 9.47 Å². The fourth-order valence-corrected chi connectivity index (χ4v) is 1.57. The van der Waals surface area contributed by atoms with Crippen LogP contribution in [0.2, 0.25) is 0 Å². The fourth-order valence-electron chi connectivity index (χ4n) is 0.854. The molecule has 0 aliphatic heterocycles. The lowest BCUT2D eigenvalue weighted by molar-refractivity contribution is 0.290. The second-order valence-electron chi connectivity index (χ2n) is 2.51. The number of ether oxygens (including phenoxy) is 2. The van der Waals surface area contributed by atoms with E-state index in [1.165, 1.54) is 0 Å². The summed E-state index contributed by atoms with van der Waals surface area (Å²) in [6.07, 6.45) is 2.26. The first-order valence-corrected chi connectivity index (χ1v) is 5.05. The van der Waals surface area contributed by atoms with Crippen LogP contribution in [0.1, 0.15) is 19.8 Å². The van der Waals surface area contributed by atoms with Crippen LogP contribution in [0.25, 0.3) is 0 Å². The lowest BCUT2D eigenvalue weighted by atomic mass is 10.4. The average Bonchev–Trinajstić information content (AvgIpc) is 2.52. The molecule has 3 heteroatoms. The van der Waals surface area contributed by atoms with Crippen molar-refractivity contribution in [2.45, 2.75) is 19.8 Å². The Hall–Kier alpha value is -0.700. The van der Waals surface area contributed by atoms with Crippen LogP contribution in [-0.2, 0) is 0 Å². The van der Waals surface area contributed by atoms with Gasteiger partial charge in [-0.05, 0) is 6.42 Å². The van der Waals surface area contributed by atoms with Gasteiger partial charge in [-0.25, -0.2) is 0 Å². The highest BCUT2D eigenvalue weighted by Gasteiger charge is 2.03. The van der Waals surface area contributed by atoms with E-state index in [-0.39, 0.29) is 0 Å². The first-order chi connectivity index (χ1) is 5.88. The third kappa shape index (κ3) is 2.41. The Labute approximate surface area is 77.1 Å². The van der Waals surface area contributed by atoms with Crippen LogP contribution in [0.4, 0.5) is 0 Å². The summed E-state index contributed by atoms with van der Waals surface area (Å²) < 4.78 is 10.6. The average molecular weight is 186 g/mol. The molecule has 0 fully saturated rings. The Morgan fingerprint density at radius 2 is 2.08 bits per heavy atom. The van der Waals surface area contributed by atoms with Crippen LogP contribution in [0.3, 0.4) is 0 Å². The smallest absolute Gasteiger partial charge is 0.171 e. The third-order valence-corrected chi connectivity index (χ3v) is 2.27. The summed E-state index contributed by atoms with van der Waals surface area (Å²) in [7, 11) is 1.66. The van der Waals surface area contributed by atoms with E-state index in [9.17, 15) is 0 Å². The lowest BCUT2D eigenvalue weighted by Gasteiger charge is -2.04. The molecule has 0 saturated carbocycles. The number of rotatable bonds is 5. The topological polar surface area (TPSA) is 18.5 Å². The molecule has 1 aromatic heterocycles. The normalized spacial score (nSPS) is 9.83.